The molecule has 0 bridgehead atoms. The lowest BCUT2D eigenvalue weighted by Gasteiger charge is -2.41. The Bertz CT molecular complexity index is 411. The molecule has 1 saturated carbocycles. The van der Waals surface area contributed by atoms with E-state index >= 15 is 0 Å². The predicted octanol–water partition coefficient (Wildman–Crippen LogP) is 4.07. The van der Waals surface area contributed by atoms with E-state index in [4.69, 9.17) is 4.74 Å². The van der Waals surface area contributed by atoms with E-state index in [-0.39, 0.29) is 24.8 Å². The van der Waals surface area contributed by atoms with Crippen LogP contribution in [0.3, 0.4) is 0 Å². The summed E-state index contributed by atoms with van der Waals surface area (Å²) in [5.41, 5.74) is 1.48. The van der Waals surface area contributed by atoms with Gasteiger partial charge >= 0.3 is 0 Å². The molecule has 0 amide bonds. The zero-order valence-corrected chi connectivity index (χ0v) is 15.6. The number of ether oxygens (including phenoxy) is 1. The number of methoxy groups -OCH3 is 1. The number of piperazine rings is 1. The molecule has 1 aromatic carbocycles. The van der Waals surface area contributed by atoms with E-state index < -0.39 is 0 Å². The Morgan fingerprint density at radius 3 is 2.17 bits per heavy atom. The first-order valence-corrected chi connectivity index (χ1v) is 8.47. The van der Waals surface area contributed by atoms with Crippen molar-refractivity contribution >= 4 is 24.8 Å². The normalized spacial score (nSPS) is 20.9. The van der Waals surface area contributed by atoms with Crippen molar-refractivity contribution in [3.63, 3.8) is 0 Å². The fourth-order valence-electron chi connectivity index (χ4n) is 3.99. The summed E-state index contributed by atoms with van der Waals surface area (Å²) >= 11 is 0. The van der Waals surface area contributed by atoms with Gasteiger partial charge in [-0.05, 0) is 36.5 Å². The van der Waals surface area contributed by atoms with Gasteiger partial charge in [0.05, 0.1) is 7.11 Å². The van der Waals surface area contributed by atoms with Gasteiger partial charge in [0, 0.05) is 32.2 Å². The molecule has 0 radical (unpaired) electrons. The van der Waals surface area contributed by atoms with Gasteiger partial charge < -0.3 is 10.1 Å². The quantitative estimate of drug-likeness (QED) is 0.875. The van der Waals surface area contributed by atoms with E-state index in [1.54, 1.807) is 7.11 Å². The molecule has 23 heavy (non-hydrogen) atoms. The lowest BCUT2D eigenvalue weighted by Crippen LogP contribution is -2.47. The largest absolute Gasteiger partial charge is 0.497 e. The minimum Gasteiger partial charge on any atom is -0.497 e. The molecule has 1 aromatic rings. The second-order valence-electron chi connectivity index (χ2n) is 6.40. The molecule has 0 aromatic heterocycles. The summed E-state index contributed by atoms with van der Waals surface area (Å²) in [6.45, 7) is 4.60. The predicted molar refractivity (Wildman–Crippen MR) is 101 cm³/mol. The average Bonchev–Trinajstić information content (AvgIpc) is 2.58. The summed E-state index contributed by atoms with van der Waals surface area (Å²) in [5.74, 6) is 1.78. The van der Waals surface area contributed by atoms with Crippen LogP contribution in [0.4, 0.5) is 0 Å². The van der Waals surface area contributed by atoms with Gasteiger partial charge in [0.1, 0.15) is 5.75 Å². The number of nitrogens with one attached hydrogen (secondary N) is 1. The Labute approximate surface area is 153 Å². The number of nitrogens with zero attached hydrogens (tertiary/aromatic N) is 1. The SMILES string of the molecule is COc1ccc([C@@H](C2CCCCC2)N2CCNCC2)cc1.Cl.Cl. The van der Waals surface area contributed by atoms with E-state index in [9.17, 15) is 0 Å². The first kappa shape index (κ1) is 20.6. The summed E-state index contributed by atoms with van der Waals surface area (Å²) in [6, 6.07) is 9.39. The molecule has 2 aliphatic rings. The van der Waals surface area contributed by atoms with Crippen LogP contribution in [0.15, 0.2) is 24.3 Å². The molecule has 1 heterocycles. The highest BCUT2D eigenvalue weighted by Crippen LogP contribution is 2.38. The maximum atomic E-state index is 5.32. The van der Waals surface area contributed by atoms with Crippen LogP contribution in [0.1, 0.15) is 43.7 Å². The van der Waals surface area contributed by atoms with Crippen molar-refractivity contribution in [3.8, 4) is 5.75 Å². The molecule has 0 unspecified atom stereocenters. The highest BCUT2D eigenvalue weighted by atomic mass is 35.5. The van der Waals surface area contributed by atoms with E-state index in [1.807, 2.05) is 0 Å². The topological polar surface area (TPSA) is 24.5 Å². The standard InChI is InChI=1S/C18H28N2O.2ClH/c1-21-17-9-7-16(8-10-17)18(15-5-3-2-4-6-15)20-13-11-19-12-14-20;;/h7-10,15,18-19H,2-6,11-14H2,1H3;2*1H/t18-;;/m1../s1. The van der Waals surface area contributed by atoms with Gasteiger partial charge in [-0.3, -0.25) is 4.90 Å². The molecule has 2 fully saturated rings. The molecule has 1 saturated heterocycles. The van der Waals surface area contributed by atoms with Gasteiger partial charge in [0.15, 0.2) is 0 Å². The van der Waals surface area contributed by atoms with Crippen molar-refractivity contribution in [3.05, 3.63) is 29.8 Å². The van der Waals surface area contributed by atoms with E-state index in [1.165, 1.54) is 50.8 Å². The van der Waals surface area contributed by atoms with Crippen LogP contribution in [-0.4, -0.2) is 38.2 Å². The average molecular weight is 361 g/mol. The molecular formula is C18H30Cl2N2O. The Hall–Kier alpha value is -0.480. The van der Waals surface area contributed by atoms with Crippen molar-refractivity contribution in [2.45, 2.75) is 38.1 Å². The molecule has 1 atom stereocenters. The van der Waals surface area contributed by atoms with Crippen LogP contribution >= 0.6 is 24.8 Å². The zero-order valence-electron chi connectivity index (χ0n) is 14.0. The zero-order chi connectivity index (χ0) is 14.5. The van der Waals surface area contributed by atoms with Crippen LogP contribution in [0, 0.1) is 5.92 Å². The number of halogens is 2. The van der Waals surface area contributed by atoms with Crippen molar-refractivity contribution in [1.82, 2.24) is 10.2 Å². The molecule has 1 aliphatic carbocycles. The Morgan fingerprint density at radius 2 is 1.61 bits per heavy atom. The Morgan fingerprint density at radius 1 is 1.00 bits per heavy atom. The summed E-state index contributed by atoms with van der Waals surface area (Å²) in [7, 11) is 1.74. The first-order chi connectivity index (χ1) is 10.4. The summed E-state index contributed by atoms with van der Waals surface area (Å²) in [4.78, 5) is 2.70. The van der Waals surface area contributed by atoms with Gasteiger partial charge in [-0.25, -0.2) is 0 Å². The second-order valence-corrected chi connectivity index (χ2v) is 6.40. The van der Waals surface area contributed by atoms with Crippen molar-refractivity contribution in [1.29, 1.82) is 0 Å². The third kappa shape index (κ3) is 5.25. The van der Waals surface area contributed by atoms with Gasteiger partial charge in [-0.15, -0.1) is 24.8 Å². The van der Waals surface area contributed by atoms with Gasteiger partial charge in [-0.1, -0.05) is 31.4 Å². The minimum atomic E-state index is 0. The van der Waals surface area contributed by atoms with Crippen molar-refractivity contribution in [2.24, 2.45) is 5.92 Å². The van der Waals surface area contributed by atoms with E-state index in [0.29, 0.717) is 6.04 Å². The fourth-order valence-corrected chi connectivity index (χ4v) is 3.99. The molecule has 132 valence electrons. The maximum absolute atomic E-state index is 5.32. The van der Waals surface area contributed by atoms with E-state index in [0.717, 1.165) is 24.8 Å². The number of hydrogen-bond donors (Lipinski definition) is 1. The van der Waals surface area contributed by atoms with Crippen LogP contribution in [0.5, 0.6) is 5.75 Å². The Balaban J connectivity index is 0.00000132. The van der Waals surface area contributed by atoms with Gasteiger partial charge in [0.25, 0.3) is 0 Å². The van der Waals surface area contributed by atoms with Crippen LogP contribution < -0.4 is 10.1 Å². The van der Waals surface area contributed by atoms with Crippen molar-refractivity contribution in [2.75, 3.05) is 33.3 Å². The summed E-state index contributed by atoms with van der Waals surface area (Å²) < 4.78 is 5.32. The summed E-state index contributed by atoms with van der Waals surface area (Å²) in [5, 5.41) is 3.48. The molecule has 1 N–H and O–H groups in total. The number of hydrogen-bond acceptors (Lipinski definition) is 3. The van der Waals surface area contributed by atoms with Crippen LogP contribution in [0.25, 0.3) is 0 Å². The third-order valence-electron chi connectivity index (χ3n) is 5.10. The highest BCUT2D eigenvalue weighted by Gasteiger charge is 2.30. The third-order valence-corrected chi connectivity index (χ3v) is 5.10. The summed E-state index contributed by atoms with van der Waals surface area (Å²) in [6.07, 6.45) is 7.02. The number of rotatable bonds is 4. The Kier molecular flexibility index (Phi) is 9.30. The molecule has 1 aliphatic heterocycles. The van der Waals surface area contributed by atoms with Gasteiger partial charge in [0.2, 0.25) is 0 Å². The van der Waals surface area contributed by atoms with Crippen LogP contribution in [-0.2, 0) is 0 Å². The molecule has 3 rings (SSSR count). The molecule has 5 heteroatoms. The van der Waals surface area contributed by atoms with Crippen molar-refractivity contribution < 1.29 is 4.74 Å². The minimum absolute atomic E-state index is 0. The lowest BCUT2D eigenvalue weighted by molar-refractivity contribution is 0.103. The molecular weight excluding hydrogens is 331 g/mol. The monoisotopic (exact) mass is 360 g/mol. The van der Waals surface area contributed by atoms with Gasteiger partial charge in [-0.2, -0.15) is 0 Å². The maximum Gasteiger partial charge on any atom is 0.118 e. The van der Waals surface area contributed by atoms with Crippen LogP contribution in [0.2, 0.25) is 0 Å². The lowest BCUT2D eigenvalue weighted by atomic mass is 9.80. The molecule has 0 spiro atoms. The second kappa shape index (κ2) is 10.4. The van der Waals surface area contributed by atoms with E-state index in [2.05, 4.69) is 34.5 Å². The highest BCUT2D eigenvalue weighted by molar-refractivity contribution is 5.85. The smallest absolute Gasteiger partial charge is 0.118 e. The molecule has 3 nitrogen and oxygen atoms in total. The first-order valence-electron chi connectivity index (χ1n) is 8.47. The fraction of sp³-hybridized carbons (Fsp3) is 0.667. The number of benzene rings is 1.